The number of alkyl halides is 3. The summed E-state index contributed by atoms with van der Waals surface area (Å²) in [6, 6.07) is 6.65. The Bertz CT molecular complexity index is 829. The minimum atomic E-state index is -4.75. The van der Waals surface area contributed by atoms with Gasteiger partial charge in [0.2, 0.25) is 0 Å². The van der Waals surface area contributed by atoms with E-state index in [0.29, 0.717) is 17.7 Å². The molecule has 1 heterocycles. The zero-order valence-corrected chi connectivity index (χ0v) is 13.5. The Balaban J connectivity index is 2.09. The molecule has 134 valence electrons. The lowest BCUT2D eigenvalue weighted by Crippen LogP contribution is -2.33. The number of hydrogen-bond donors (Lipinski definition) is 1. The monoisotopic (exact) mass is 354 g/mol. The van der Waals surface area contributed by atoms with Gasteiger partial charge in [0, 0.05) is 5.92 Å². The van der Waals surface area contributed by atoms with Crippen molar-refractivity contribution in [2.24, 2.45) is 0 Å². The summed E-state index contributed by atoms with van der Waals surface area (Å²) in [5.41, 5.74) is -1.60. The molecule has 0 bridgehead atoms. The molecule has 0 radical (unpaired) electrons. The molecular formula is C17H17F3N2O3. The summed E-state index contributed by atoms with van der Waals surface area (Å²) < 4.78 is 46.2. The molecule has 0 saturated heterocycles. The third-order valence-corrected chi connectivity index (χ3v) is 4.41. The first-order valence-electron chi connectivity index (χ1n) is 7.80. The molecule has 1 N–H and O–H groups in total. The van der Waals surface area contributed by atoms with E-state index in [-0.39, 0.29) is 30.8 Å². The van der Waals surface area contributed by atoms with Crippen molar-refractivity contribution in [3.05, 3.63) is 57.0 Å². The van der Waals surface area contributed by atoms with Crippen molar-refractivity contribution in [3.63, 3.8) is 0 Å². The number of aliphatic hydroxyl groups is 1. The van der Waals surface area contributed by atoms with Crippen molar-refractivity contribution in [1.29, 1.82) is 0 Å². The van der Waals surface area contributed by atoms with Crippen molar-refractivity contribution >= 4 is 0 Å². The standard InChI is InChI=1S/C17H17F3N2O3/c1-25-12-5-2-10(3-6-12)8-22-16(24)14(17(18,19)20)13-7-4-11(9-23)15(13)21-22/h2-3,5-6,11,23H,4,7-9H2,1H3. The quantitative estimate of drug-likeness (QED) is 0.915. The summed E-state index contributed by atoms with van der Waals surface area (Å²) >= 11 is 0. The third-order valence-electron chi connectivity index (χ3n) is 4.41. The van der Waals surface area contributed by atoms with Gasteiger partial charge in [0.05, 0.1) is 26.0 Å². The molecule has 25 heavy (non-hydrogen) atoms. The molecule has 0 aliphatic heterocycles. The van der Waals surface area contributed by atoms with Gasteiger partial charge in [-0.1, -0.05) is 12.1 Å². The molecule has 1 atom stereocenters. The molecule has 0 fully saturated rings. The van der Waals surface area contributed by atoms with E-state index in [2.05, 4.69) is 5.10 Å². The summed E-state index contributed by atoms with van der Waals surface area (Å²) in [7, 11) is 1.51. The second-order valence-corrected chi connectivity index (χ2v) is 5.97. The Morgan fingerprint density at radius 2 is 2.00 bits per heavy atom. The average Bonchev–Trinajstić information content (AvgIpc) is 2.97. The maximum Gasteiger partial charge on any atom is 0.422 e. The molecule has 1 aliphatic carbocycles. The van der Waals surface area contributed by atoms with E-state index in [1.54, 1.807) is 24.3 Å². The van der Waals surface area contributed by atoms with Crippen LogP contribution in [0.25, 0.3) is 0 Å². The fraction of sp³-hybridized carbons (Fsp3) is 0.412. The Morgan fingerprint density at radius 3 is 2.56 bits per heavy atom. The zero-order chi connectivity index (χ0) is 18.2. The van der Waals surface area contributed by atoms with Gasteiger partial charge >= 0.3 is 6.18 Å². The Labute approximate surface area is 141 Å². The highest BCUT2D eigenvalue weighted by Crippen LogP contribution is 2.38. The van der Waals surface area contributed by atoms with E-state index in [1.807, 2.05) is 0 Å². The van der Waals surface area contributed by atoms with Gasteiger partial charge in [-0.05, 0) is 36.1 Å². The second kappa shape index (κ2) is 6.51. The van der Waals surface area contributed by atoms with Crippen LogP contribution in [0.3, 0.4) is 0 Å². The van der Waals surface area contributed by atoms with Gasteiger partial charge in [-0.2, -0.15) is 18.3 Å². The highest BCUT2D eigenvalue weighted by Gasteiger charge is 2.42. The van der Waals surface area contributed by atoms with Crippen LogP contribution in [-0.2, 0) is 19.1 Å². The van der Waals surface area contributed by atoms with Gasteiger partial charge in [-0.25, -0.2) is 4.68 Å². The van der Waals surface area contributed by atoms with Gasteiger partial charge in [-0.15, -0.1) is 0 Å². The minimum absolute atomic E-state index is 0.0810. The molecule has 3 rings (SSSR count). The second-order valence-electron chi connectivity index (χ2n) is 5.97. The first-order chi connectivity index (χ1) is 11.8. The number of benzene rings is 1. The largest absolute Gasteiger partial charge is 0.497 e. The summed E-state index contributed by atoms with van der Waals surface area (Å²) in [5, 5.41) is 13.5. The van der Waals surface area contributed by atoms with E-state index < -0.39 is 23.2 Å². The SMILES string of the molecule is COc1ccc(Cn2nc3c(c(C(F)(F)F)c2=O)CCC3CO)cc1. The molecule has 1 aromatic carbocycles. The van der Waals surface area contributed by atoms with E-state index in [1.165, 1.54) is 7.11 Å². The fourth-order valence-corrected chi connectivity index (χ4v) is 3.14. The van der Waals surface area contributed by atoms with Gasteiger partial charge < -0.3 is 9.84 Å². The van der Waals surface area contributed by atoms with Crippen LogP contribution in [0.5, 0.6) is 5.75 Å². The van der Waals surface area contributed by atoms with Crippen molar-refractivity contribution in [2.75, 3.05) is 13.7 Å². The Morgan fingerprint density at radius 1 is 1.32 bits per heavy atom. The van der Waals surface area contributed by atoms with Gasteiger partial charge in [-0.3, -0.25) is 4.79 Å². The predicted octanol–water partition coefficient (Wildman–Crippen LogP) is 2.34. The first kappa shape index (κ1) is 17.5. The number of hydrogen-bond acceptors (Lipinski definition) is 4. The topological polar surface area (TPSA) is 64.4 Å². The Hall–Kier alpha value is -2.35. The number of halogens is 3. The molecule has 0 saturated carbocycles. The fourth-order valence-electron chi connectivity index (χ4n) is 3.14. The summed E-state index contributed by atoms with van der Waals surface area (Å²) in [6.45, 7) is -0.380. The van der Waals surface area contributed by atoms with E-state index in [0.717, 1.165) is 4.68 Å². The van der Waals surface area contributed by atoms with E-state index in [9.17, 15) is 23.1 Å². The summed E-state index contributed by atoms with van der Waals surface area (Å²) in [4.78, 5) is 12.4. The third kappa shape index (κ3) is 3.26. The Kier molecular flexibility index (Phi) is 4.55. The molecular weight excluding hydrogens is 337 g/mol. The molecule has 1 aromatic heterocycles. The van der Waals surface area contributed by atoms with Crippen LogP contribution in [-0.4, -0.2) is 28.6 Å². The lowest BCUT2D eigenvalue weighted by atomic mass is 10.1. The lowest BCUT2D eigenvalue weighted by molar-refractivity contribution is -0.139. The average molecular weight is 354 g/mol. The van der Waals surface area contributed by atoms with Crippen LogP contribution in [0.4, 0.5) is 13.2 Å². The zero-order valence-electron chi connectivity index (χ0n) is 13.5. The maximum absolute atomic E-state index is 13.4. The van der Waals surface area contributed by atoms with Crippen molar-refractivity contribution in [2.45, 2.75) is 31.5 Å². The summed E-state index contributed by atoms with van der Waals surface area (Å²) in [6.07, 6.45) is -4.30. The predicted molar refractivity (Wildman–Crippen MR) is 83.7 cm³/mol. The molecule has 8 heteroatoms. The summed E-state index contributed by atoms with van der Waals surface area (Å²) in [5.74, 6) is 0.133. The van der Waals surface area contributed by atoms with Gasteiger partial charge in [0.15, 0.2) is 0 Å². The molecule has 1 aliphatic rings. The number of aromatic nitrogens is 2. The maximum atomic E-state index is 13.4. The van der Waals surface area contributed by atoms with E-state index >= 15 is 0 Å². The van der Waals surface area contributed by atoms with Crippen molar-refractivity contribution in [1.82, 2.24) is 9.78 Å². The van der Waals surface area contributed by atoms with Crippen molar-refractivity contribution in [3.8, 4) is 5.75 Å². The molecule has 1 unspecified atom stereocenters. The molecule has 2 aromatic rings. The highest BCUT2D eigenvalue weighted by molar-refractivity contribution is 5.37. The van der Waals surface area contributed by atoms with Crippen LogP contribution < -0.4 is 10.3 Å². The van der Waals surface area contributed by atoms with Crippen LogP contribution in [0.15, 0.2) is 29.1 Å². The lowest BCUT2D eigenvalue weighted by Gasteiger charge is -2.16. The number of ether oxygens (including phenoxy) is 1. The molecule has 5 nitrogen and oxygen atoms in total. The van der Waals surface area contributed by atoms with Crippen LogP contribution >= 0.6 is 0 Å². The smallest absolute Gasteiger partial charge is 0.422 e. The number of methoxy groups -OCH3 is 1. The van der Waals surface area contributed by atoms with Crippen LogP contribution in [0.1, 0.15) is 34.7 Å². The van der Waals surface area contributed by atoms with Gasteiger partial charge in [0.1, 0.15) is 11.3 Å². The van der Waals surface area contributed by atoms with Crippen molar-refractivity contribution < 1.29 is 23.0 Å². The number of aliphatic hydroxyl groups excluding tert-OH is 1. The van der Waals surface area contributed by atoms with Crippen LogP contribution in [0, 0.1) is 0 Å². The van der Waals surface area contributed by atoms with Crippen LogP contribution in [0.2, 0.25) is 0 Å². The van der Waals surface area contributed by atoms with Gasteiger partial charge in [0.25, 0.3) is 5.56 Å². The highest BCUT2D eigenvalue weighted by atomic mass is 19.4. The molecule has 0 spiro atoms. The number of nitrogens with zero attached hydrogens (tertiary/aromatic N) is 2. The minimum Gasteiger partial charge on any atom is -0.497 e. The molecule has 0 amide bonds. The first-order valence-corrected chi connectivity index (χ1v) is 7.80. The normalized spacial score (nSPS) is 16.8. The number of rotatable bonds is 4. The number of fused-ring (bicyclic) bond motifs is 1. The van der Waals surface area contributed by atoms with E-state index in [4.69, 9.17) is 4.74 Å².